The number of hydrogen-bond acceptors (Lipinski definition) is 4. The molecule has 0 saturated carbocycles. The lowest BCUT2D eigenvalue weighted by Crippen LogP contribution is -2.18. The Balaban J connectivity index is 1.84. The minimum atomic E-state index is -4.59. The number of anilines is 1. The normalized spacial score (nSPS) is 11.1. The molecular formula is C21H19ClF3NO4. The van der Waals surface area contributed by atoms with Crippen molar-refractivity contribution in [2.75, 3.05) is 11.9 Å². The minimum Gasteiger partial charge on any atom is -0.457 e. The van der Waals surface area contributed by atoms with Gasteiger partial charge in [0, 0.05) is 12.0 Å². The SMILES string of the molecule is Cc1ccc(C(=O)COC(=O)CCC(=O)Nc2cc(C(F)(F)F)ccc2Cl)cc1C. The zero-order valence-electron chi connectivity index (χ0n) is 16.2. The highest BCUT2D eigenvalue weighted by Crippen LogP contribution is 2.33. The predicted molar refractivity (Wildman–Crippen MR) is 106 cm³/mol. The molecule has 30 heavy (non-hydrogen) atoms. The summed E-state index contributed by atoms with van der Waals surface area (Å²) in [6.07, 6.45) is -5.28. The molecule has 0 heterocycles. The second kappa shape index (κ2) is 9.75. The van der Waals surface area contributed by atoms with Crippen LogP contribution in [0.4, 0.5) is 18.9 Å². The number of hydrogen-bond donors (Lipinski definition) is 1. The number of ketones is 1. The summed E-state index contributed by atoms with van der Waals surface area (Å²) in [5.41, 5.74) is 1.18. The molecule has 0 saturated heterocycles. The van der Waals surface area contributed by atoms with Crippen LogP contribution in [0.3, 0.4) is 0 Å². The second-order valence-electron chi connectivity index (χ2n) is 6.62. The number of rotatable bonds is 7. The van der Waals surface area contributed by atoms with Gasteiger partial charge in [0.25, 0.3) is 0 Å². The maximum absolute atomic E-state index is 12.8. The molecule has 0 bridgehead atoms. The molecule has 2 aromatic carbocycles. The third-order valence-corrected chi connectivity index (χ3v) is 4.65. The molecule has 0 spiro atoms. The van der Waals surface area contributed by atoms with E-state index in [0.717, 1.165) is 23.3 Å². The summed E-state index contributed by atoms with van der Waals surface area (Å²) < 4.78 is 43.2. The number of esters is 1. The largest absolute Gasteiger partial charge is 0.457 e. The Kier molecular flexibility index (Phi) is 7.61. The van der Waals surface area contributed by atoms with Gasteiger partial charge in [-0.05, 0) is 49.2 Å². The number of benzene rings is 2. The van der Waals surface area contributed by atoms with E-state index in [-0.39, 0.29) is 29.3 Å². The number of carbonyl (C=O) groups excluding carboxylic acids is 3. The first-order valence-electron chi connectivity index (χ1n) is 8.90. The summed E-state index contributed by atoms with van der Waals surface area (Å²) in [7, 11) is 0. The standard InChI is InChI=1S/C21H19ClF3NO4/c1-12-3-4-14(9-13(12)2)18(27)11-30-20(29)8-7-19(28)26-17-10-15(21(23,24)25)5-6-16(17)22/h3-6,9-10H,7-8,11H2,1-2H3,(H,26,28). The summed E-state index contributed by atoms with van der Waals surface area (Å²) in [6, 6.07) is 7.63. The lowest BCUT2D eigenvalue weighted by Gasteiger charge is -2.11. The quantitative estimate of drug-likeness (QED) is 0.478. The Bertz CT molecular complexity index is 973. The van der Waals surface area contributed by atoms with Crippen molar-refractivity contribution < 1.29 is 32.3 Å². The van der Waals surface area contributed by atoms with Crippen molar-refractivity contribution in [1.29, 1.82) is 0 Å². The number of carbonyl (C=O) groups is 3. The third kappa shape index (κ3) is 6.59. The van der Waals surface area contributed by atoms with Crippen molar-refractivity contribution >= 4 is 34.9 Å². The Hall–Kier alpha value is -2.87. The average Bonchev–Trinajstić information content (AvgIpc) is 2.67. The van der Waals surface area contributed by atoms with Crippen molar-refractivity contribution in [3.63, 3.8) is 0 Å². The van der Waals surface area contributed by atoms with Gasteiger partial charge < -0.3 is 10.1 Å². The molecule has 0 fully saturated rings. The van der Waals surface area contributed by atoms with Crippen molar-refractivity contribution in [2.24, 2.45) is 0 Å². The van der Waals surface area contributed by atoms with E-state index in [4.69, 9.17) is 16.3 Å². The molecule has 1 amide bonds. The van der Waals surface area contributed by atoms with Crippen molar-refractivity contribution in [3.05, 3.63) is 63.7 Å². The summed E-state index contributed by atoms with van der Waals surface area (Å²) in [6.45, 7) is 3.29. The Morgan fingerprint density at radius 1 is 1.00 bits per heavy atom. The minimum absolute atomic E-state index is 0.0714. The van der Waals surface area contributed by atoms with Gasteiger partial charge in [-0.15, -0.1) is 0 Å². The van der Waals surface area contributed by atoms with E-state index in [0.29, 0.717) is 11.6 Å². The maximum Gasteiger partial charge on any atom is 0.416 e. The summed E-state index contributed by atoms with van der Waals surface area (Å²) in [5.74, 6) is -1.88. The van der Waals surface area contributed by atoms with E-state index in [1.165, 1.54) is 0 Å². The fourth-order valence-electron chi connectivity index (χ4n) is 2.44. The van der Waals surface area contributed by atoms with Crippen LogP contribution in [0.2, 0.25) is 5.02 Å². The first-order chi connectivity index (χ1) is 14.0. The highest BCUT2D eigenvalue weighted by Gasteiger charge is 2.31. The van der Waals surface area contributed by atoms with Gasteiger partial charge in [0.05, 0.1) is 22.7 Å². The maximum atomic E-state index is 12.8. The fourth-order valence-corrected chi connectivity index (χ4v) is 2.61. The van der Waals surface area contributed by atoms with E-state index in [1.807, 2.05) is 13.8 Å². The van der Waals surface area contributed by atoms with Crippen LogP contribution in [-0.2, 0) is 20.5 Å². The zero-order valence-corrected chi connectivity index (χ0v) is 17.0. The molecule has 2 rings (SSSR count). The first-order valence-corrected chi connectivity index (χ1v) is 9.28. The zero-order chi connectivity index (χ0) is 22.5. The molecular weight excluding hydrogens is 423 g/mol. The fraction of sp³-hybridized carbons (Fsp3) is 0.286. The van der Waals surface area contributed by atoms with Crippen LogP contribution >= 0.6 is 11.6 Å². The van der Waals surface area contributed by atoms with Crippen LogP contribution in [0, 0.1) is 13.8 Å². The lowest BCUT2D eigenvalue weighted by atomic mass is 10.0. The molecule has 0 atom stereocenters. The number of ether oxygens (including phenoxy) is 1. The molecule has 2 aromatic rings. The van der Waals surface area contributed by atoms with Crippen LogP contribution in [0.5, 0.6) is 0 Å². The number of halogens is 4. The van der Waals surface area contributed by atoms with Gasteiger partial charge in [0.2, 0.25) is 5.91 Å². The molecule has 5 nitrogen and oxygen atoms in total. The first kappa shape index (κ1) is 23.4. The van der Waals surface area contributed by atoms with E-state index in [9.17, 15) is 27.6 Å². The van der Waals surface area contributed by atoms with Crippen LogP contribution < -0.4 is 5.32 Å². The smallest absolute Gasteiger partial charge is 0.416 e. The molecule has 9 heteroatoms. The molecule has 0 aliphatic rings. The van der Waals surface area contributed by atoms with Gasteiger partial charge in [-0.1, -0.05) is 23.7 Å². The van der Waals surface area contributed by atoms with Gasteiger partial charge in [-0.2, -0.15) is 13.2 Å². The predicted octanol–water partition coefficient (Wildman–Crippen LogP) is 5.12. The van der Waals surface area contributed by atoms with Gasteiger partial charge in [-0.3, -0.25) is 14.4 Å². The molecule has 0 aliphatic heterocycles. The van der Waals surface area contributed by atoms with E-state index < -0.39 is 30.2 Å². The van der Waals surface area contributed by atoms with E-state index in [1.54, 1.807) is 18.2 Å². The third-order valence-electron chi connectivity index (χ3n) is 4.32. The summed E-state index contributed by atoms with van der Waals surface area (Å²) in [4.78, 5) is 35.8. The van der Waals surface area contributed by atoms with E-state index >= 15 is 0 Å². The van der Waals surface area contributed by atoms with Crippen LogP contribution in [0.15, 0.2) is 36.4 Å². The number of Topliss-reactive ketones (excluding diaryl/α,β-unsaturated/α-hetero) is 1. The molecule has 0 aliphatic carbocycles. The molecule has 0 radical (unpaired) electrons. The average molecular weight is 442 g/mol. The number of alkyl halides is 3. The van der Waals surface area contributed by atoms with E-state index in [2.05, 4.69) is 5.32 Å². The van der Waals surface area contributed by atoms with Gasteiger partial charge in [-0.25, -0.2) is 0 Å². The topological polar surface area (TPSA) is 72.5 Å². The van der Waals surface area contributed by atoms with Crippen molar-refractivity contribution in [3.8, 4) is 0 Å². The molecule has 0 aromatic heterocycles. The highest BCUT2D eigenvalue weighted by atomic mass is 35.5. The van der Waals surface area contributed by atoms with Crippen molar-refractivity contribution in [2.45, 2.75) is 32.9 Å². The molecule has 1 N–H and O–H groups in total. The Morgan fingerprint density at radius 3 is 2.33 bits per heavy atom. The Labute approximate surface area is 176 Å². The number of amides is 1. The van der Waals surface area contributed by atoms with Crippen molar-refractivity contribution in [1.82, 2.24) is 0 Å². The summed E-state index contributed by atoms with van der Waals surface area (Å²) in [5, 5.41) is 2.16. The molecule has 0 unspecified atom stereocenters. The monoisotopic (exact) mass is 441 g/mol. The number of aryl methyl sites for hydroxylation is 2. The highest BCUT2D eigenvalue weighted by molar-refractivity contribution is 6.33. The number of nitrogens with one attached hydrogen (secondary N) is 1. The van der Waals surface area contributed by atoms with Crippen LogP contribution in [0.25, 0.3) is 0 Å². The van der Waals surface area contributed by atoms with Crippen LogP contribution in [-0.4, -0.2) is 24.3 Å². The Morgan fingerprint density at radius 2 is 1.70 bits per heavy atom. The summed E-state index contributed by atoms with van der Waals surface area (Å²) >= 11 is 5.81. The van der Waals surface area contributed by atoms with Gasteiger partial charge >= 0.3 is 12.1 Å². The second-order valence-corrected chi connectivity index (χ2v) is 7.03. The van der Waals surface area contributed by atoms with Crippen LogP contribution in [0.1, 0.15) is 39.9 Å². The van der Waals surface area contributed by atoms with Gasteiger partial charge in [0.15, 0.2) is 12.4 Å². The van der Waals surface area contributed by atoms with Gasteiger partial charge in [0.1, 0.15) is 0 Å². The lowest BCUT2D eigenvalue weighted by molar-refractivity contribution is -0.143. The molecule has 160 valence electrons.